The summed E-state index contributed by atoms with van der Waals surface area (Å²) < 4.78 is 3.50. The lowest BCUT2D eigenvalue weighted by Gasteiger charge is -2.10. The van der Waals surface area contributed by atoms with Crippen molar-refractivity contribution in [2.75, 3.05) is 5.32 Å². The van der Waals surface area contributed by atoms with Crippen LogP contribution in [-0.4, -0.2) is 36.9 Å². The van der Waals surface area contributed by atoms with Crippen LogP contribution in [0.2, 0.25) is 0 Å². The number of nitrogens with one attached hydrogen (secondary N) is 2. The van der Waals surface area contributed by atoms with Crippen LogP contribution in [0.1, 0.15) is 28.5 Å². The molecule has 2 rings (SSSR count). The second-order valence-corrected chi connectivity index (χ2v) is 4.99. The maximum atomic E-state index is 11.6. The van der Waals surface area contributed by atoms with Crippen molar-refractivity contribution < 1.29 is 14.7 Å². The number of anilines is 1. The first-order chi connectivity index (χ1) is 9.06. The van der Waals surface area contributed by atoms with E-state index in [0.29, 0.717) is 5.01 Å². The van der Waals surface area contributed by atoms with Gasteiger partial charge in [-0.1, -0.05) is 9.59 Å². The van der Waals surface area contributed by atoms with Crippen molar-refractivity contribution in [2.24, 2.45) is 0 Å². The number of rotatable bonds is 4. The van der Waals surface area contributed by atoms with Crippen LogP contribution in [0.25, 0.3) is 0 Å². The Morgan fingerprint density at radius 3 is 2.84 bits per heavy atom. The number of carbonyl (C=O) groups excluding carboxylic acids is 1. The summed E-state index contributed by atoms with van der Waals surface area (Å²) in [6.45, 7) is 1.70. The Bertz CT molecular complexity index is 583. The third-order valence-electron chi connectivity index (χ3n) is 1.98. The molecule has 0 bridgehead atoms. The fourth-order valence-electron chi connectivity index (χ4n) is 1.16. The summed E-state index contributed by atoms with van der Waals surface area (Å²) in [5, 5.41) is 22.9. The van der Waals surface area contributed by atoms with E-state index < -0.39 is 18.0 Å². The van der Waals surface area contributed by atoms with Crippen molar-refractivity contribution in [1.29, 1.82) is 0 Å². The molecule has 1 atom stereocenters. The van der Waals surface area contributed by atoms with Crippen LogP contribution in [0.4, 0.5) is 9.93 Å². The third-order valence-corrected chi connectivity index (χ3v) is 3.52. The molecule has 100 valence electrons. The van der Waals surface area contributed by atoms with Gasteiger partial charge >= 0.3 is 12.0 Å². The average molecular weight is 300 g/mol. The van der Waals surface area contributed by atoms with E-state index in [1.54, 1.807) is 6.92 Å². The Hall–Kier alpha value is -2.14. The Labute approximate surface area is 114 Å². The third kappa shape index (κ3) is 3.42. The highest BCUT2D eigenvalue weighted by Crippen LogP contribution is 2.18. The van der Waals surface area contributed by atoms with Crippen molar-refractivity contribution in [3.8, 4) is 0 Å². The first-order valence-corrected chi connectivity index (χ1v) is 6.63. The number of hydrogen-bond donors (Lipinski definition) is 3. The van der Waals surface area contributed by atoms with E-state index in [0.717, 1.165) is 22.9 Å². The van der Waals surface area contributed by atoms with Crippen LogP contribution < -0.4 is 10.6 Å². The smallest absolute Gasteiger partial charge is 0.355 e. The molecular weight excluding hydrogens is 292 g/mol. The van der Waals surface area contributed by atoms with Crippen LogP contribution in [0, 0.1) is 0 Å². The number of thiazole rings is 1. The SMILES string of the molecule is CC(NC(=O)Nc1nnns1)c1nc(C(=O)O)cs1. The topological polar surface area (TPSA) is 130 Å². The molecular formula is C8H8N6O3S2. The highest BCUT2D eigenvalue weighted by Gasteiger charge is 2.16. The number of amides is 2. The summed E-state index contributed by atoms with van der Waals surface area (Å²) in [5.41, 5.74) is -0.0395. The number of carbonyl (C=O) groups is 2. The standard InChI is InChI=1S/C8H8N6O3S2/c1-3(5-10-4(2-18-5)6(15)16)9-7(17)11-8-12-13-14-19-8/h2-3H,1H3,(H,15,16)(H2,9,11,12,14,17). The molecule has 0 aliphatic rings. The van der Waals surface area contributed by atoms with Gasteiger partial charge in [-0.3, -0.25) is 5.32 Å². The van der Waals surface area contributed by atoms with Gasteiger partial charge in [0, 0.05) is 16.9 Å². The van der Waals surface area contributed by atoms with Crippen molar-refractivity contribution in [3.05, 3.63) is 16.1 Å². The number of carboxylic acid groups (broad SMARTS) is 1. The number of aromatic carboxylic acids is 1. The highest BCUT2D eigenvalue weighted by atomic mass is 32.1. The molecule has 19 heavy (non-hydrogen) atoms. The number of nitrogens with zero attached hydrogens (tertiary/aromatic N) is 4. The summed E-state index contributed by atoms with van der Waals surface area (Å²) in [7, 11) is 0. The Balaban J connectivity index is 1.94. The fraction of sp³-hybridized carbons (Fsp3) is 0.250. The van der Waals surface area contributed by atoms with Crippen molar-refractivity contribution in [2.45, 2.75) is 13.0 Å². The molecule has 0 aromatic carbocycles. The molecule has 11 heteroatoms. The van der Waals surface area contributed by atoms with Crippen molar-refractivity contribution in [3.63, 3.8) is 0 Å². The molecule has 3 N–H and O–H groups in total. The van der Waals surface area contributed by atoms with E-state index in [1.807, 2.05) is 0 Å². The minimum absolute atomic E-state index is 0.0395. The summed E-state index contributed by atoms with van der Waals surface area (Å²) in [6, 6.07) is -0.905. The van der Waals surface area contributed by atoms with Crippen LogP contribution in [0.3, 0.4) is 0 Å². The fourth-order valence-corrected chi connectivity index (χ4v) is 2.32. The predicted octanol–water partition coefficient (Wildman–Crippen LogP) is 0.970. The largest absolute Gasteiger partial charge is 0.476 e. The van der Waals surface area contributed by atoms with Gasteiger partial charge < -0.3 is 10.4 Å². The molecule has 2 heterocycles. The van der Waals surface area contributed by atoms with Gasteiger partial charge in [-0.2, -0.15) is 0 Å². The van der Waals surface area contributed by atoms with Gasteiger partial charge in [-0.05, 0) is 12.1 Å². The molecule has 0 saturated carbocycles. The zero-order chi connectivity index (χ0) is 13.8. The van der Waals surface area contributed by atoms with Crippen LogP contribution in [0.15, 0.2) is 5.38 Å². The molecule has 9 nitrogen and oxygen atoms in total. The van der Waals surface area contributed by atoms with Gasteiger partial charge in [-0.15, -0.1) is 11.3 Å². The van der Waals surface area contributed by atoms with E-state index in [-0.39, 0.29) is 10.8 Å². The maximum Gasteiger partial charge on any atom is 0.355 e. The number of aromatic nitrogens is 4. The lowest BCUT2D eigenvalue weighted by Crippen LogP contribution is -2.31. The molecule has 2 aromatic heterocycles. The number of hydrogen-bond acceptors (Lipinski definition) is 8. The lowest BCUT2D eigenvalue weighted by atomic mass is 10.3. The van der Waals surface area contributed by atoms with E-state index in [4.69, 9.17) is 5.11 Å². The number of carboxylic acids is 1. The highest BCUT2D eigenvalue weighted by molar-refractivity contribution is 7.10. The monoisotopic (exact) mass is 300 g/mol. The molecule has 0 radical (unpaired) electrons. The average Bonchev–Trinajstić information content (AvgIpc) is 2.98. The Morgan fingerprint density at radius 1 is 1.47 bits per heavy atom. The van der Waals surface area contributed by atoms with Crippen molar-refractivity contribution in [1.82, 2.24) is 25.1 Å². The second kappa shape index (κ2) is 5.67. The van der Waals surface area contributed by atoms with Gasteiger partial charge in [0.05, 0.1) is 6.04 Å². The van der Waals surface area contributed by atoms with Gasteiger partial charge in [0.25, 0.3) is 0 Å². The minimum Gasteiger partial charge on any atom is -0.476 e. The quantitative estimate of drug-likeness (QED) is 0.766. The summed E-state index contributed by atoms with van der Waals surface area (Å²) in [6.07, 6.45) is 0. The molecule has 0 aliphatic carbocycles. The summed E-state index contributed by atoms with van der Waals surface area (Å²) in [4.78, 5) is 26.2. The molecule has 2 amide bonds. The zero-order valence-electron chi connectivity index (χ0n) is 9.52. The van der Waals surface area contributed by atoms with Gasteiger partial charge in [0.15, 0.2) is 5.69 Å². The first kappa shape index (κ1) is 13.3. The lowest BCUT2D eigenvalue weighted by molar-refractivity contribution is 0.0691. The zero-order valence-corrected chi connectivity index (χ0v) is 11.2. The van der Waals surface area contributed by atoms with Crippen LogP contribution in [0.5, 0.6) is 0 Å². The summed E-state index contributed by atoms with van der Waals surface area (Å²) >= 11 is 2.11. The number of urea groups is 1. The summed E-state index contributed by atoms with van der Waals surface area (Å²) in [5.74, 6) is -1.10. The molecule has 0 aliphatic heterocycles. The van der Waals surface area contributed by atoms with Crippen molar-refractivity contribution >= 4 is 40.0 Å². The van der Waals surface area contributed by atoms with E-state index in [2.05, 4.69) is 30.4 Å². The van der Waals surface area contributed by atoms with E-state index >= 15 is 0 Å². The molecule has 0 fully saturated rings. The molecule has 1 unspecified atom stereocenters. The molecule has 0 spiro atoms. The van der Waals surface area contributed by atoms with Crippen LogP contribution >= 0.6 is 22.9 Å². The van der Waals surface area contributed by atoms with E-state index in [1.165, 1.54) is 5.38 Å². The van der Waals surface area contributed by atoms with Gasteiger partial charge in [0.1, 0.15) is 5.01 Å². The van der Waals surface area contributed by atoms with Gasteiger partial charge in [-0.25, -0.2) is 14.6 Å². The normalized spacial score (nSPS) is 11.8. The second-order valence-electron chi connectivity index (χ2n) is 3.36. The maximum absolute atomic E-state index is 11.6. The van der Waals surface area contributed by atoms with Gasteiger partial charge in [0.2, 0.25) is 5.13 Å². The van der Waals surface area contributed by atoms with Crippen LogP contribution in [-0.2, 0) is 0 Å². The molecule has 2 aromatic rings. The minimum atomic E-state index is -1.10. The first-order valence-electron chi connectivity index (χ1n) is 4.97. The molecule has 0 saturated heterocycles. The predicted molar refractivity (Wildman–Crippen MR) is 67.3 cm³/mol. The van der Waals surface area contributed by atoms with E-state index in [9.17, 15) is 9.59 Å². The Morgan fingerprint density at radius 2 is 2.26 bits per heavy atom. The Kier molecular flexibility index (Phi) is 3.97.